The van der Waals surface area contributed by atoms with Gasteiger partial charge in [-0.1, -0.05) is 6.07 Å². The van der Waals surface area contributed by atoms with E-state index in [0.717, 1.165) is 18.4 Å². The molecular weight excluding hydrogens is 332 g/mol. The van der Waals surface area contributed by atoms with E-state index in [1.54, 1.807) is 18.5 Å². The molecule has 1 aliphatic carbocycles. The van der Waals surface area contributed by atoms with Gasteiger partial charge in [-0.05, 0) is 36.5 Å². The van der Waals surface area contributed by atoms with E-state index in [-0.39, 0.29) is 18.1 Å². The minimum Gasteiger partial charge on any atom is -0.376 e. The van der Waals surface area contributed by atoms with Gasteiger partial charge in [-0.15, -0.1) is 0 Å². The molecule has 26 heavy (non-hydrogen) atoms. The van der Waals surface area contributed by atoms with E-state index in [2.05, 4.69) is 15.2 Å². The van der Waals surface area contributed by atoms with Crippen LogP contribution >= 0.6 is 0 Å². The predicted molar refractivity (Wildman–Crippen MR) is 93.2 cm³/mol. The maximum atomic E-state index is 12.8. The van der Waals surface area contributed by atoms with Gasteiger partial charge in [0, 0.05) is 18.9 Å². The first-order valence-electron chi connectivity index (χ1n) is 8.97. The van der Waals surface area contributed by atoms with E-state index in [1.165, 1.54) is 6.20 Å². The normalized spacial score (nSPS) is 25.1. The van der Waals surface area contributed by atoms with Gasteiger partial charge in [0.25, 0.3) is 5.91 Å². The average Bonchev–Trinajstić information content (AvgIpc) is 3.12. The van der Waals surface area contributed by atoms with Gasteiger partial charge in [0.2, 0.25) is 0 Å². The summed E-state index contributed by atoms with van der Waals surface area (Å²) in [5.41, 5.74) is 1.65. The summed E-state index contributed by atoms with van der Waals surface area (Å²) in [7, 11) is 0. The van der Waals surface area contributed by atoms with Crippen LogP contribution in [0.3, 0.4) is 0 Å². The highest BCUT2D eigenvalue weighted by Crippen LogP contribution is 2.35. The summed E-state index contributed by atoms with van der Waals surface area (Å²) in [6.45, 7) is 2.43. The van der Waals surface area contributed by atoms with Crippen LogP contribution in [0.1, 0.15) is 28.8 Å². The summed E-state index contributed by atoms with van der Waals surface area (Å²) in [4.78, 5) is 18.8. The molecule has 2 aromatic rings. The topological polar surface area (TPSA) is 77.4 Å². The molecule has 0 N–H and O–H groups in total. The zero-order valence-corrected chi connectivity index (χ0v) is 14.5. The Morgan fingerprint density at radius 3 is 3.00 bits per heavy atom. The maximum Gasteiger partial charge on any atom is 0.255 e. The number of amides is 1. The number of aromatic nitrogens is 3. The largest absolute Gasteiger partial charge is 0.376 e. The van der Waals surface area contributed by atoms with Gasteiger partial charge in [0.05, 0.1) is 49.9 Å². The molecule has 7 heteroatoms. The molecule has 136 valence electrons. The lowest BCUT2D eigenvalue weighted by atomic mass is 10.1. The molecule has 0 bridgehead atoms. The van der Waals surface area contributed by atoms with Gasteiger partial charge < -0.3 is 14.4 Å². The number of rotatable bonds is 5. The van der Waals surface area contributed by atoms with Crippen LogP contribution < -0.4 is 0 Å². The van der Waals surface area contributed by atoms with Crippen molar-refractivity contribution < 1.29 is 14.3 Å². The van der Waals surface area contributed by atoms with Crippen molar-refractivity contribution in [1.82, 2.24) is 20.1 Å². The van der Waals surface area contributed by atoms with Crippen LogP contribution in [0.25, 0.3) is 0 Å². The highest BCUT2D eigenvalue weighted by molar-refractivity contribution is 5.94. The standard InChI is InChI=1S/C19H22N4O3/c24-19(16-3-5-21-22-11-16)23-6-7-26-18-9-15(8-17(18)23)13-25-12-14-2-1-4-20-10-14/h1-5,10-11,15,17-18H,6-9,12-13H2/t15-,17+,18+/m0/s1. The summed E-state index contributed by atoms with van der Waals surface area (Å²) < 4.78 is 11.8. The number of carbonyl (C=O) groups excluding carboxylic acids is 1. The molecule has 3 atom stereocenters. The molecule has 4 rings (SSSR count). The van der Waals surface area contributed by atoms with E-state index in [9.17, 15) is 4.79 Å². The molecule has 7 nitrogen and oxygen atoms in total. The molecule has 1 saturated carbocycles. The third-order valence-electron chi connectivity index (χ3n) is 5.07. The average molecular weight is 354 g/mol. The first-order valence-corrected chi connectivity index (χ1v) is 8.97. The summed E-state index contributed by atoms with van der Waals surface area (Å²) in [6, 6.07) is 5.74. The van der Waals surface area contributed by atoms with Crippen LogP contribution in [-0.2, 0) is 16.1 Å². The third-order valence-corrected chi connectivity index (χ3v) is 5.07. The Kier molecular flexibility index (Phi) is 5.17. The second-order valence-electron chi connectivity index (χ2n) is 6.82. The van der Waals surface area contributed by atoms with E-state index >= 15 is 0 Å². The van der Waals surface area contributed by atoms with Gasteiger partial charge in [-0.25, -0.2) is 0 Å². The molecule has 2 aromatic heterocycles. The number of nitrogens with zero attached hydrogens (tertiary/aromatic N) is 4. The van der Waals surface area contributed by atoms with Crippen LogP contribution in [0.2, 0.25) is 0 Å². The Labute approximate surface area is 152 Å². The van der Waals surface area contributed by atoms with E-state index in [4.69, 9.17) is 9.47 Å². The lowest BCUT2D eigenvalue weighted by Gasteiger charge is -2.37. The second kappa shape index (κ2) is 7.88. The first-order chi connectivity index (χ1) is 12.8. The minimum atomic E-state index is 0.00938. The van der Waals surface area contributed by atoms with Crippen molar-refractivity contribution in [3.63, 3.8) is 0 Å². The van der Waals surface area contributed by atoms with Gasteiger partial charge >= 0.3 is 0 Å². The number of hydrogen-bond acceptors (Lipinski definition) is 6. The van der Waals surface area contributed by atoms with Gasteiger partial charge in [0.15, 0.2) is 0 Å². The minimum absolute atomic E-state index is 0.00938. The molecule has 0 unspecified atom stereocenters. The Morgan fingerprint density at radius 2 is 2.19 bits per heavy atom. The van der Waals surface area contributed by atoms with Crippen LogP contribution in [0.4, 0.5) is 0 Å². The number of morpholine rings is 1. The van der Waals surface area contributed by atoms with Crippen LogP contribution in [-0.4, -0.2) is 57.9 Å². The highest BCUT2D eigenvalue weighted by Gasteiger charge is 2.43. The fourth-order valence-corrected chi connectivity index (χ4v) is 3.85. The van der Waals surface area contributed by atoms with Crippen LogP contribution in [0.15, 0.2) is 43.0 Å². The van der Waals surface area contributed by atoms with Crippen molar-refractivity contribution in [2.75, 3.05) is 19.8 Å². The highest BCUT2D eigenvalue weighted by atomic mass is 16.5. The monoisotopic (exact) mass is 354 g/mol. The lowest BCUT2D eigenvalue weighted by Crippen LogP contribution is -2.51. The molecule has 1 amide bonds. The number of fused-ring (bicyclic) bond motifs is 1. The zero-order chi connectivity index (χ0) is 17.8. The summed E-state index contributed by atoms with van der Waals surface area (Å²) in [6.07, 6.45) is 8.57. The van der Waals surface area contributed by atoms with E-state index in [1.807, 2.05) is 23.2 Å². The quantitative estimate of drug-likeness (QED) is 0.813. The Morgan fingerprint density at radius 1 is 1.23 bits per heavy atom. The second-order valence-corrected chi connectivity index (χ2v) is 6.82. The molecule has 1 aliphatic heterocycles. The fraction of sp³-hybridized carbons (Fsp3) is 0.474. The van der Waals surface area contributed by atoms with Crippen molar-refractivity contribution in [2.24, 2.45) is 5.92 Å². The molecule has 3 heterocycles. The number of ether oxygens (including phenoxy) is 2. The summed E-state index contributed by atoms with van der Waals surface area (Å²) >= 11 is 0. The number of carbonyl (C=O) groups is 1. The van der Waals surface area contributed by atoms with Gasteiger partial charge in [-0.2, -0.15) is 10.2 Å². The molecular formula is C19H22N4O3. The van der Waals surface area contributed by atoms with Crippen molar-refractivity contribution in [1.29, 1.82) is 0 Å². The summed E-state index contributed by atoms with van der Waals surface area (Å²) in [5, 5.41) is 7.56. The third kappa shape index (κ3) is 3.73. The molecule has 0 aromatic carbocycles. The van der Waals surface area contributed by atoms with E-state index < -0.39 is 0 Å². The van der Waals surface area contributed by atoms with Gasteiger partial charge in [0.1, 0.15) is 0 Å². The Balaban J connectivity index is 1.35. The van der Waals surface area contributed by atoms with Crippen molar-refractivity contribution in [2.45, 2.75) is 31.6 Å². The maximum absolute atomic E-state index is 12.8. The molecule has 0 radical (unpaired) electrons. The Bertz CT molecular complexity index is 728. The Hall–Kier alpha value is -2.38. The summed E-state index contributed by atoms with van der Waals surface area (Å²) in [5.74, 6) is 0.403. The van der Waals surface area contributed by atoms with Crippen LogP contribution in [0.5, 0.6) is 0 Å². The van der Waals surface area contributed by atoms with Crippen molar-refractivity contribution in [3.8, 4) is 0 Å². The molecule has 1 saturated heterocycles. The molecule has 2 aliphatic rings. The molecule has 2 fully saturated rings. The SMILES string of the molecule is O=C(c1ccnnc1)N1CCO[C@@H]2C[C@@H](COCc3cccnc3)C[C@H]21. The predicted octanol–water partition coefficient (Wildman–Crippen LogP) is 1.71. The molecule has 0 spiro atoms. The number of pyridine rings is 1. The van der Waals surface area contributed by atoms with Crippen molar-refractivity contribution >= 4 is 5.91 Å². The van der Waals surface area contributed by atoms with Crippen molar-refractivity contribution in [3.05, 3.63) is 54.1 Å². The lowest BCUT2D eigenvalue weighted by molar-refractivity contribution is -0.0450. The smallest absolute Gasteiger partial charge is 0.255 e. The number of hydrogen-bond donors (Lipinski definition) is 0. The fourth-order valence-electron chi connectivity index (χ4n) is 3.85. The zero-order valence-electron chi connectivity index (χ0n) is 14.5. The van der Waals surface area contributed by atoms with Crippen LogP contribution in [0, 0.1) is 5.92 Å². The first kappa shape index (κ1) is 17.1. The van der Waals surface area contributed by atoms with E-state index in [0.29, 0.717) is 37.8 Å². The van der Waals surface area contributed by atoms with Gasteiger partial charge in [-0.3, -0.25) is 9.78 Å².